The summed E-state index contributed by atoms with van der Waals surface area (Å²) in [5.41, 5.74) is 3.30. The summed E-state index contributed by atoms with van der Waals surface area (Å²) in [4.78, 5) is 8.14. The van der Waals surface area contributed by atoms with Crippen LogP contribution in [-0.4, -0.2) is 69.0 Å². The molecule has 3 aromatic rings. The van der Waals surface area contributed by atoms with Gasteiger partial charge >= 0.3 is 0 Å². The van der Waals surface area contributed by atoms with Crippen LogP contribution in [0.4, 0.5) is 10.1 Å². The van der Waals surface area contributed by atoms with Crippen LogP contribution >= 0.6 is 0 Å². The highest BCUT2D eigenvalue weighted by Crippen LogP contribution is 2.41. The lowest BCUT2D eigenvalue weighted by Gasteiger charge is -2.38. The molecule has 7 heteroatoms. The number of nitrogens with one attached hydrogen (secondary N) is 1. The summed E-state index contributed by atoms with van der Waals surface area (Å²) in [6.45, 7) is 6.02. The van der Waals surface area contributed by atoms with Gasteiger partial charge in [-0.3, -0.25) is 4.90 Å². The largest absolute Gasteiger partial charge is 0.484 e. The molecule has 32 heavy (non-hydrogen) atoms. The fraction of sp³-hybridized carbons (Fsp3) is 0.440. The number of fused-ring (bicyclic) bond motifs is 2. The molecule has 1 unspecified atom stereocenters. The van der Waals surface area contributed by atoms with Gasteiger partial charge in [-0.15, -0.1) is 0 Å². The highest BCUT2D eigenvalue weighted by Gasteiger charge is 2.27. The maximum absolute atomic E-state index is 13.6. The number of para-hydroxylation sites is 1. The summed E-state index contributed by atoms with van der Waals surface area (Å²) in [5, 5.41) is 0.999. The normalized spacial score (nSPS) is 18.9. The molecule has 0 aliphatic carbocycles. The fourth-order valence-corrected chi connectivity index (χ4v) is 4.71. The van der Waals surface area contributed by atoms with E-state index in [9.17, 15) is 4.39 Å². The molecule has 5 rings (SSSR count). The van der Waals surface area contributed by atoms with Gasteiger partial charge in [-0.05, 0) is 55.3 Å². The molecule has 1 aromatic heterocycles. The number of hydrogen-bond acceptors (Lipinski definition) is 5. The van der Waals surface area contributed by atoms with E-state index in [4.69, 9.17) is 14.2 Å². The number of halogens is 1. The smallest absolute Gasteiger partial charge is 0.184 e. The Labute approximate surface area is 187 Å². The van der Waals surface area contributed by atoms with Gasteiger partial charge < -0.3 is 24.1 Å². The maximum Gasteiger partial charge on any atom is 0.184 e. The van der Waals surface area contributed by atoms with Gasteiger partial charge in [0.25, 0.3) is 0 Å². The van der Waals surface area contributed by atoms with Crippen molar-refractivity contribution >= 4 is 16.6 Å². The molecule has 0 radical (unpaired) electrons. The van der Waals surface area contributed by atoms with Gasteiger partial charge in [0.05, 0.1) is 12.3 Å². The molecule has 0 saturated carbocycles. The quantitative estimate of drug-likeness (QED) is 0.606. The molecule has 0 spiro atoms. The van der Waals surface area contributed by atoms with E-state index in [0.29, 0.717) is 13.2 Å². The molecule has 2 aliphatic heterocycles. The Balaban J connectivity index is 1.14. The van der Waals surface area contributed by atoms with E-state index in [1.165, 1.54) is 11.6 Å². The molecule has 1 saturated heterocycles. The Kier molecular flexibility index (Phi) is 6.19. The topological polar surface area (TPSA) is 50.0 Å². The number of piperazine rings is 1. The average Bonchev–Trinajstić information content (AvgIpc) is 3.21. The lowest BCUT2D eigenvalue weighted by atomic mass is 10.1. The van der Waals surface area contributed by atoms with Gasteiger partial charge in [0, 0.05) is 50.4 Å². The third kappa shape index (κ3) is 4.40. The van der Waals surface area contributed by atoms with Gasteiger partial charge in [0.1, 0.15) is 12.4 Å². The number of nitrogens with zero attached hydrogens (tertiary/aromatic N) is 2. The summed E-state index contributed by atoms with van der Waals surface area (Å²) >= 11 is 0. The number of anilines is 1. The highest BCUT2D eigenvalue weighted by atomic mass is 19.1. The van der Waals surface area contributed by atoms with Crippen molar-refractivity contribution in [2.75, 3.05) is 57.9 Å². The van der Waals surface area contributed by atoms with Crippen molar-refractivity contribution in [1.29, 1.82) is 0 Å². The summed E-state index contributed by atoms with van der Waals surface area (Å²) < 4.78 is 30.9. The first kappa shape index (κ1) is 21.1. The number of rotatable bonds is 7. The lowest BCUT2D eigenvalue weighted by molar-refractivity contribution is 0.0274. The first-order chi connectivity index (χ1) is 15.7. The number of hydrogen-bond donors (Lipinski definition) is 1. The monoisotopic (exact) mass is 439 g/mol. The minimum atomic E-state index is -0.179. The molecule has 2 aromatic carbocycles. The second kappa shape index (κ2) is 9.38. The van der Waals surface area contributed by atoms with Crippen LogP contribution in [0.5, 0.6) is 11.5 Å². The predicted molar refractivity (Wildman–Crippen MR) is 123 cm³/mol. The minimum absolute atomic E-state index is 0.0618. The zero-order valence-electron chi connectivity index (χ0n) is 18.5. The molecule has 170 valence electrons. The highest BCUT2D eigenvalue weighted by molar-refractivity contribution is 5.83. The Morgan fingerprint density at radius 2 is 2.03 bits per heavy atom. The Hall–Kier alpha value is -2.77. The van der Waals surface area contributed by atoms with E-state index in [0.717, 1.165) is 73.7 Å². The van der Waals surface area contributed by atoms with Crippen molar-refractivity contribution in [3.8, 4) is 11.5 Å². The van der Waals surface area contributed by atoms with Crippen LogP contribution in [-0.2, 0) is 11.2 Å². The second-order valence-corrected chi connectivity index (χ2v) is 8.55. The molecule has 0 amide bonds. The number of methoxy groups -OCH3 is 1. The zero-order chi connectivity index (χ0) is 21.9. The van der Waals surface area contributed by atoms with Crippen LogP contribution in [0, 0.1) is 5.82 Å². The second-order valence-electron chi connectivity index (χ2n) is 8.55. The Morgan fingerprint density at radius 1 is 1.16 bits per heavy atom. The van der Waals surface area contributed by atoms with E-state index in [1.54, 1.807) is 13.2 Å². The number of benzene rings is 2. The number of aromatic nitrogens is 1. The lowest BCUT2D eigenvalue weighted by Crippen LogP contribution is -2.47. The van der Waals surface area contributed by atoms with Crippen LogP contribution in [0.15, 0.2) is 42.6 Å². The van der Waals surface area contributed by atoms with Crippen molar-refractivity contribution in [1.82, 2.24) is 9.88 Å². The molecule has 1 fully saturated rings. The molecule has 2 aliphatic rings. The van der Waals surface area contributed by atoms with E-state index < -0.39 is 0 Å². The van der Waals surface area contributed by atoms with Crippen molar-refractivity contribution in [2.24, 2.45) is 0 Å². The van der Waals surface area contributed by atoms with E-state index in [1.807, 2.05) is 24.4 Å². The summed E-state index contributed by atoms with van der Waals surface area (Å²) in [7, 11) is 1.68. The third-order valence-electron chi connectivity index (χ3n) is 6.38. The number of aryl methyl sites for hydroxylation is 1. The van der Waals surface area contributed by atoms with Crippen LogP contribution in [0.2, 0.25) is 0 Å². The van der Waals surface area contributed by atoms with E-state index >= 15 is 0 Å². The zero-order valence-corrected chi connectivity index (χ0v) is 18.5. The summed E-state index contributed by atoms with van der Waals surface area (Å²) in [6, 6.07) is 11.0. The van der Waals surface area contributed by atoms with Crippen LogP contribution in [0.1, 0.15) is 12.0 Å². The maximum atomic E-state index is 13.6. The predicted octanol–water partition coefficient (Wildman–Crippen LogP) is 3.85. The van der Waals surface area contributed by atoms with Gasteiger partial charge in [-0.25, -0.2) is 4.39 Å². The Bertz CT molecular complexity index is 1060. The van der Waals surface area contributed by atoms with Crippen molar-refractivity contribution in [3.63, 3.8) is 0 Å². The van der Waals surface area contributed by atoms with E-state index in [-0.39, 0.29) is 11.9 Å². The molecule has 1 atom stereocenters. The Morgan fingerprint density at radius 3 is 2.88 bits per heavy atom. The van der Waals surface area contributed by atoms with Crippen molar-refractivity contribution in [2.45, 2.75) is 18.9 Å². The third-order valence-corrected chi connectivity index (χ3v) is 6.38. The fourth-order valence-electron chi connectivity index (χ4n) is 4.71. The first-order valence-electron chi connectivity index (χ1n) is 11.4. The van der Waals surface area contributed by atoms with Crippen LogP contribution in [0.3, 0.4) is 0 Å². The average molecular weight is 440 g/mol. The van der Waals surface area contributed by atoms with Gasteiger partial charge in [-0.1, -0.05) is 6.07 Å². The summed E-state index contributed by atoms with van der Waals surface area (Å²) in [6.07, 6.45) is 3.96. The van der Waals surface area contributed by atoms with Gasteiger partial charge in [0.2, 0.25) is 0 Å². The molecule has 1 N–H and O–H groups in total. The molecule has 6 nitrogen and oxygen atoms in total. The van der Waals surface area contributed by atoms with Crippen molar-refractivity contribution < 1.29 is 18.6 Å². The summed E-state index contributed by atoms with van der Waals surface area (Å²) in [5.74, 6) is 1.47. The molecule has 0 bridgehead atoms. The minimum Gasteiger partial charge on any atom is -0.484 e. The standard InChI is InChI=1S/C25H30FN3O3/c1-30-16-20-17-31-25-23(5-2-6-24(25)32-20)29-12-10-28(11-13-29)9-3-4-18-15-27-22-8-7-19(26)14-21(18)22/h2,5-8,14-15,20,27H,3-4,9-13,16-17H2,1H3. The SMILES string of the molecule is COCC1COc2c(cccc2N2CCN(CCCc3c[nH]c4ccc(F)cc34)CC2)O1. The number of ether oxygens (including phenoxy) is 3. The van der Waals surface area contributed by atoms with Crippen LogP contribution in [0.25, 0.3) is 10.9 Å². The van der Waals surface area contributed by atoms with Gasteiger partial charge in [0.15, 0.2) is 17.6 Å². The van der Waals surface area contributed by atoms with Gasteiger partial charge in [-0.2, -0.15) is 0 Å². The van der Waals surface area contributed by atoms with Crippen molar-refractivity contribution in [3.05, 3.63) is 54.0 Å². The van der Waals surface area contributed by atoms with Crippen LogP contribution < -0.4 is 14.4 Å². The molecular formula is C25H30FN3O3. The molecular weight excluding hydrogens is 409 g/mol. The number of aromatic amines is 1. The first-order valence-corrected chi connectivity index (χ1v) is 11.4. The number of H-pyrrole nitrogens is 1. The van der Waals surface area contributed by atoms with E-state index in [2.05, 4.69) is 20.9 Å². The molecule has 3 heterocycles.